The van der Waals surface area contributed by atoms with Crippen LogP contribution in [0.5, 0.6) is 0 Å². The second kappa shape index (κ2) is 13.8. The largest absolute Gasteiger partial charge is 0.478 e. The Kier molecular flexibility index (Phi) is 12.2. The predicted octanol–water partition coefficient (Wildman–Crippen LogP) is 6.72. The zero-order valence-corrected chi connectivity index (χ0v) is 19.2. The topological polar surface area (TPSA) is 55.8 Å². The van der Waals surface area contributed by atoms with Crippen LogP contribution in [0.3, 0.4) is 0 Å². The number of methoxy groups -OCH3 is 2. The Morgan fingerprint density at radius 1 is 0.966 bits per heavy atom. The number of hydrogen-bond donors (Lipinski definition) is 1. The van der Waals surface area contributed by atoms with Crippen LogP contribution in [0.25, 0.3) is 0 Å². The second-order valence-electron chi connectivity index (χ2n) is 8.61. The Morgan fingerprint density at radius 3 is 2.07 bits per heavy atom. The van der Waals surface area contributed by atoms with E-state index >= 15 is 0 Å². The highest BCUT2D eigenvalue weighted by Gasteiger charge is 2.39. The number of carboxylic acid groups (broad SMARTS) is 1. The van der Waals surface area contributed by atoms with Crippen molar-refractivity contribution in [2.45, 2.75) is 90.8 Å². The van der Waals surface area contributed by atoms with Crippen LogP contribution in [-0.2, 0) is 15.9 Å². The van der Waals surface area contributed by atoms with Gasteiger partial charge in [0, 0.05) is 26.6 Å². The molecule has 0 saturated carbocycles. The molecule has 1 unspecified atom stereocenters. The van der Waals surface area contributed by atoms with E-state index < -0.39 is 11.8 Å². The minimum absolute atomic E-state index is 0.310. The number of ether oxygens (including phenoxy) is 2. The number of carboxylic acids is 1. The van der Waals surface area contributed by atoms with E-state index in [1.165, 1.54) is 38.5 Å². The minimum Gasteiger partial charge on any atom is -0.478 e. The van der Waals surface area contributed by atoms with Gasteiger partial charge in [0.2, 0.25) is 0 Å². The molecular formula is C25H42O4. The summed E-state index contributed by atoms with van der Waals surface area (Å²) in [6.45, 7) is 6.66. The van der Waals surface area contributed by atoms with E-state index in [0.29, 0.717) is 17.4 Å². The third kappa shape index (κ3) is 8.88. The first-order valence-corrected chi connectivity index (χ1v) is 11.3. The monoisotopic (exact) mass is 406 g/mol. The number of rotatable bonds is 16. The van der Waals surface area contributed by atoms with Crippen molar-refractivity contribution in [3.8, 4) is 0 Å². The summed E-state index contributed by atoms with van der Waals surface area (Å²) < 4.78 is 12.0. The van der Waals surface area contributed by atoms with Crippen LogP contribution >= 0.6 is 0 Å². The summed E-state index contributed by atoms with van der Waals surface area (Å²) in [5, 5.41) is 9.09. The molecule has 0 aromatic heterocycles. The summed E-state index contributed by atoms with van der Waals surface area (Å²) in [5.74, 6) is -0.646. The lowest BCUT2D eigenvalue weighted by Crippen LogP contribution is -2.43. The molecule has 1 atom stereocenters. The molecule has 0 saturated heterocycles. The lowest BCUT2D eigenvalue weighted by atomic mass is 9.82. The maximum Gasteiger partial charge on any atom is 0.335 e. The third-order valence-corrected chi connectivity index (χ3v) is 5.89. The molecule has 0 aliphatic rings. The first-order valence-electron chi connectivity index (χ1n) is 11.3. The van der Waals surface area contributed by atoms with E-state index in [1.807, 2.05) is 12.1 Å². The average molecular weight is 407 g/mol. The van der Waals surface area contributed by atoms with Crippen LogP contribution in [-0.4, -0.2) is 31.1 Å². The maximum atomic E-state index is 11.1. The van der Waals surface area contributed by atoms with E-state index in [-0.39, 0.29) is 0 Å². The van der Waals surface area contributed by atoms with Gasteiger partial charge in [-0.2, -0.15) is 0 Å². The highest BCUT2D eigenvalue weighted by atomic mass is 16.7. The lowest BCUT2D eigenvalue weighted by molar-refractivity contribution is -0.251. The van der Waals surface area contributed by atoms with Crippen molar-refractivity contribution in [3.05, 3.63) is 35.4 Å². The molecule has 166 valence electrons. The Hall–Kier alpha value is -1.39. The predicted molar refractivity (Wildman–Crippen MR) is 119 cm³/mol. The van der Waals surface area contributed by atoms with Crippen molar-refractivity contribution < 1.29 is 19.4 Å². The number of benzene rings is 1. The van der Waals surface area contributed by atoms with Crippen molar-refractivity contribution in [1.29, 1.82) is 0 Å². The molecule has 0 aliphatic heterocycles. The van der Waals surface area contributed by atoms with Crippen LogP contribution in [0, 0.1) is 11.8 Å². The van der Waals surface area contributed by atoms with Gasteiger partial charge in [0.05, 0.1) is 5.56 Å². The van der Waals surface area contributed by atoms with Crippen molar-refractivity contribution in [3.63, 3.8) is 0 Å². The summed E-state index contributed by atoms with van der Waals surface area (Å²) in [5.41, 5.74) is 1.49. The number of carbonyl (C=O) groups is 1. The number of hydrogen-bond acceptors (Lipinski definition) is 3. The van der Waals surface area contributed by atoms with Gasteiger partial charge in [-0.25, -0.2) is 4.79 Å². The lowest BCUT2D eigenvalue weighted by Gasteiger charge is -2.40. The molecule has 0 fully saturated rings. The van der Waals surface area contributed by atoms with Crippen LogP contribution in [0.15, 0.2) is 24.3 Å². The average Bonchev–Trinajstić information content (AvgIpc) is 2.71. The molecule has 0 bridgehead atoms. The highest BCUT2D eigenvalue weighted by Crippen LogP contribution is 2.36. The molecule has 1 N–H and O–H groups in total. The van der Waals surface area contributed by atoms with Gasteiger partial charge in [0.1, 0.15) is 0 Å². The molecule has 0 radical (unpaired) electrons. The summed E-state index contributed by atoms with van der Waals surface area (Å²) in [7, 11) is 3.53. The minimum atomic E-state index is -0.882. The normalized spacial score (nSPS) is 13.0. The first kappa shape index (κ1) is 25.6. The molecule has 0 amide bonds. The van der Waals surface area contributed by atoms with E-state index in [0.717, 1.165) is 31.2 Å². The molecule has 0 heterocycles. The Balaban J connectivity index is 2.80. The number of unbranched alkanes of at least 4 members (excludes halogenated alkanes) is 5. The highest BCUT2D eigenvalue weighted by molar-refractivity contribution is 5.87. The molecule has 0 aliphatic carbocycles. The Morgan fingerprint density at radius 2 is 1.55 bits per heavy atom. The summed E-state index contributed by atoms with van der Waals surface area (Å²) in [4.78, 5) is 11.1. The quantitative estimate of drug-likeness (QED) is 0.244. The zero-order valence-electron chi connectivity index (χ0n) is 19.2. The van der Waals surface area contributed by atoms with Crippen LogP contribution < -0.4 is 0 Å². The Bertz CT molecular complexity index is 561. The molecule has 0 spiro atoms. The second-order valence-corrected chi connectivity index (χ2v) is 8.61. The fourth-order valence-electron chi connectivity index (χ4n) is 4.23. The van der Waals surface area contributed by atoms with E-state index in [2.05, 4.69) is 20.8 Å². The number of aryl methyl sites for hydroxylation is 1. The van der Waals surface area contributed by atoms with Gasteiger partial charge in [-0.3, -0.25) is 0 Å². The summed E-state index contributed by atoms with van der Waals surface area (Å²) >= 11 is 0. The molecule has 29 heavy (non-hydrogen) atoms. The van der Waals surface area contributed by atoms with Crippen molar-refractivity contribution >= 4 is 5.97 Å². The zero-order chi connectivity index (χ0) is 21.7. The van der Waals surface area contributed by atoms with Gasteiger partial charge in [0.15, 0.2) is 5.79 Å². The van der Waals surface area contributed by atoms with E-state index in [4.69, 9.17) is 14.6 Å². The molecule has 4 heteroatoms. The summed E-state index contributed by atoms with van der Waals surface area (Å²) in [6.07, 6.45) is 11.5. The van der Waals surface area contributed by atoms with Crippen LogP contribution in [0.1, 0.15) is 94.5 Å². The van der Waals surface area contributed by atoms with E-state index in [1.54, 1.807) is 26.4 Å². The van der Waals surface area contributed by atoms with Crippen LogP contribution in [0.2, 0.25) is 0 Å². The fourth-order valence-corrected chi connectivity index (χ4v) is 4.23. The molecule has 1 rings (SSSR count). The first-order chi connectivity index (χ1) is 13.9. The van der Waals surface area contributed by atoms with Crippen LogP contribution in [0.4, 0.5) is 0 Å². The van der Waals surface area contributed by atoms with Crippen molar-refractivity contribution in [2.24, 2.45) is 11.8 Å². The molecular weight excluding hydrogens is 364 g/mol. The smallest absolute Gasteiger partial charge is 0.335 e. The Labute approximate surface area is 178 Å². The molecule has 1 aromatic carbocycles. The van der Waals surface area contributed by atoms with Gasteiger partial charge in [-0.05, 0) is 42.9 Å². The maximum absolute atomic E-state index is 11.1. The van der Waals surface area contributed by atoms with Gasteiger partial charge in [0.25, 0.3) is 0 Å². The third-order valence-electron chi connectivity index (χ3n) is 5.89. The SMILES string of the molecule is CCCCCCCCC(CCc1ccc(C(=O)O)cc1)C(CC(C)C)(OC)OC. The number of aromatic carboxylic acids is 1. The van der Waals surface area contributed by atoms with Gasteiger partial charge in [-0.1, -0.05) is 71.4 Å². The standard InChI is InChI=1S/C25H42O4/c1-6-7-8-9-10-11-12-23(25(28-4,29-5)19-20(2)3)18-15-21-13-16-22(17-14-21)24(26)27/h13-14,16-17,20,23H,6-12,15,18-19H2,1-5H3,(H,26,27). The fraction of sp³-hybridized carbons (Fsp3) is 0.720. The van der Waals surface area contributed by atoms with Gasteiger partial charge in [-0.15, -0.1) is 0 Å². The van der Waals surface area contributed by atoms with Gasteiger partial charge < -0.3 is 14.6 Å². The van der Waals surface area contributed by atoms with Gasteiger partial charge >= 0.3 is 5.97 Å². The summed E-state index contributed by atoms with van der Waals surface area (Å²) in [6, 6.07) is 7.23. The molecule has 4 nitrogen and oxygen atoms in total. The molecule has 1 aromatic rings. The van der Waals surface area contributed by atoms with E-state index in [9.17, 15) is 4.79 Å². The van der Waals surface area contributed by atoms with Crippen molar-refractivity contribution in [2.75, 3.05) is 14.2 Å². The van der Waals surface area contributed by atoms with Crippen molar-refractivity contribution in [1.82, 2.24) is 0 Å².